The molecule has 0 amide bonds. The molecule has 0 saturated heterocycles. The fraction of sp³-hybridized carbons (Fsp3) is 0.184. The van der Waals surface area contributed by atoms with E-state index >= 15 is 0 Å². The van der Waals surface area contributed by atoms with Crippen molar-refractivity contribution in [3.63, 3.8) is 0 Å². The first-order chi connectivity index (χ1) is 53.3. The van der Waals surface area contributed by atoms with Gasteiger partial charge in [0.25, 0.3) is 0 Å². The van der Waals surface area contributed by atoms with Crippen LogP contribution in [0.2, 0.25) is 0 Å². The highest BCUT2D eigenvalue weighted by molar-refractivity contribution is 6.07. The summed E-state index contributed by atoms with van der Waals surface area (Å²) in [5.41, 5.74) is 33.6. The fourth-order valence-corrected chi connectivity index (χ4v) is 15.8. The molecule has 578 valence electrons. The molecule has 0 radical (unpaired) electrons. The van der Waals surface area contributed by atoms with Gasteiger partial charge in [-0.15, -0.1) is 0 Å². The minimum atomic E-state index is 0. The van der Waals surface area contributed by atoms with Crippen LogP contribution in [0, 0.1) is 90.0 Å². The third-order valence-electron chi connectivity index (χ3n) is 21.4. The van der Waals surface area contributed by atoms with Gasteiger partial charge in [0.1, 0.15) is 61.9 Å². The Bertz CT molecular complexity index is 6900. The molecular weight excluding hydrogens is 1410 g/mol. The minimum absolute atomic E-state index is 0. The van der Waals surface area contributed by atoms with Crippen LogP contribution >= 0.6 is 0 Å². The van der Waals surface area contributed by atoms with Gasteiger partial charge in [0, 0.05) is 102 Å². The van der Waals surface area contributed by atoms with Crippen LogP contribution in [0.3, 0.4) is 0 Å². The Balaban J connectivity index is 0.000000117. The maximum Gasteiger partial charge on any atom is 0.245 e. The molecule has 114 heavy (non-hydrogen) atoms. The molecule has 0 saturated carbocycles. The van der Waals surface area contributed by atoms with Crippen LogP contribution in [-0.2, 0) is 7.05 Å². The van der Waals surface area contributed by atoms with Gasteiger partial charge in [-0.05, 0) is 191 Å². The topological polar surface area (TPSA) is 178 Å². The number of nitrogens with one attached hydrogen (secondary N) is 4. The van der Waals surface area contributed by atoms with Crippen molar-refractivity contribution < 1.29 is 22.1 Å². The average Bonchev–Trinajstić information content (AvgIpc) is 1.57. The standard InChI is InChI=1S/2C20H20N2.C12H11NO.2C11H9NO.2C10H8N2O.4CH4/c2*1-13-8-7-9-14(2)20(13)22-16(4)15(3)21-18-11-6-5-10-17(18)12-19(21)22;1-8-7-11-12(13(8)2)9-5-3-4-6-10(9)14-11;1-7-11-9(6-12-7)8-4-2-3-5-10(8)13-11;1-7-6-9-8-4-2-3-5-10(8)13-11(9)12-7;2*1-6-11-9-7-4-2-3-5-8(7)13-10(9)12-6;;;;/h2*5-12H,1-4H3;3-7H,1-2H3;2*2-6,12H,1H3;2*2-5H,1H3,(H,11,12);4*1H4. The first kappa shape index (κ1) is 78.5. The van der Waals surface area contributed by atoms with E-state index in [4.69, 9.17) is 22.1 Å². The van der Waals surface area contributed by atoms with Crippen molar-refractivity contribution >= 4 is 144 Å². The fourth-order valence-electron chi connectivity index (χ4n) is 15.8. The van der Waals surface area contributed by atoms with Crippen LogP contribution in [0.25, 0.3) is 155 Å². The van der Waals surface area contributed by atoms with Gasteiger partial charge in [-0.3, -0.25) is 17.9 Å². The number of H-pyrrole nitrogens is 4. The van der Waals surface area contributed by atoms with Crippen LogP contribution in [0.15, 0.2) is 259 Å². The SMILES string of the molecule is C.C.C.C.Cc1[nH]cc2c1oc1ccccc12.Cc1cc2c([nH]1)oc1ccccc12.Cc1cc2oc3ccccc3c2n1C.Cc1cccc(C)c1-n1c(C)c(C)n2c3ccccc3cc12.Cc1cccc(C)c1-n1c(C)c(C)n2c3ccccc3cc12.Cc1nc2oc3ccccc3c2[nH]1.Cc1nc2oc3ccccc3c2[nH]1. The molecule has 0 spiro atoms. The molecule has 0 bridgehead atoms. The van der Waals surface area contributed by atoms with E-state index < -0.39 is 0 Å². The molecule has 0 aliphatic rings. The summed E-state index contributed by atoms with van der Waals surface area (Å²) < 4.78 is 39.8. The number of nitrogens with zero attached hydrogens (tertiary/aromatic N) is 7. The number of fused-ring (bicyclic) bond motifs is 21. The highest BCUT2D eigenvalue weighted by Crippen LogP contribution is 2.37. The molecule has 9 aromatic carbocycles. The van der Waals surface area contributed by atoms with Gasteiger partial charge in [0.2, 0.25) is 17.1 Å². The quantitative estimate of drug-likeness (QED) is 0.133. The van der Waals surface area contributed by atoms with Gasteiger partial charge in [0.15, 0.2) is 11.2 Å². The molecule has 0 unspecified atom stereocenters. The second kappa shape index (κ2) is 31.6. The summed E-state index contributed by atoms with van der Waals surface area (Å²) >= 11 is 0. The number of aryl methyl sites for hydroxylation is 12. The van der Waals surface area contributed by atoms with Crippen LogP contribution in [0.5, 0.6) is 0 Å². The molecule has 0 fully saturated rings. The first-order valence-corrected chi connectivity index (χ1v) is 37.2. The van der Waals surface area contributed by atoms with Crippen molar-refractivity contribution in [1.82, 2.24) is 52.4 Å². The van der Waals surface area contributed by atoms with Crippen LogP contribution in [0.4, 0.5) is 0 Å². The van der Waals surface area contributed by atoms with Crippen molar-refractivity contribution in [2.24, 2.45) is 7.05 Å². The Hall–Kier alpha value is -13.6. The van der Waals surface area contributed by atoms with E-state index in [2.05, 4.69) is 249 Å². The van der Waals surface area contributed by atoms with E-state index in [0.717, 1.165) is 89.6 Å². The lowest BCUT2D eigenvalue weighted by atomic mass is 10.1. The maximum atomic E-state index is 5.73. The van der Waals surface area contributed by atoms with Crippen molar-refractivity contribution in [3.05, 3.63) is 310 Å². The highest BCUT2D eigenvalue weighted by atomic mass is 16.4. The summed E-state index contributed by atoms with van der Waals surface area (Å²) in [6.45, 7) is 27.6. The van der Waals surface area contributed by atoms with Gasteiger partial charge in [-0.1, -0.05) is 175 Å². The molecule has 14 aromatic heterocycles. The number of furan rings is 5. The van der Waals surface area contributed by atoms with Crippen LogP contribution in [-0.4, -0.2) is 52.4 Å². The largest absolute Gasteiger partial charge is 0.454 e. The zero-order chi connectivity index (χ0) is 75.9. The smallest absolute Gasteiger partial charge is 0.245 e. The molecule has 4 N–H and O–H groups in total. The number of aromatic nitrogens is 11. The van der Waals surface area contributed by atoms with E-state index in [1.165, 1.54) is 128 Å². The summed E-state index contributed by atoms with van der Waals surface area (Å²) in [4.78, 5) is 21.1. The van der Waals surface area contributed by atoms with Gasteiger partial charge in [-0.2, -0.15) is 9.97 Å². The molecule has 16 nitrogen and oxygen atoms in total. The number of hydrogen-bond acceptors (Lipinski definition) is 7. The number of hydrogen-bond donors (Lipinski definition) is 4. The molecular formula is C98H101N11O5. The van der Waals surface area contributed by atoms with Crippen molar-refractivity contribution in [1.29, 1.82) is 0 Å². The average molecular weight is 1510 g/mol. The number of benzene rings is 9. The summed E-state index contributed by atoms with van der Waals surface area (Å²) in [5, 5.41) is 10.7. The Labute approximate surface area is 662 Å². The second-order valence-electron chi connectivity index (χ2n) is 28.7. The Morgan fingerprint density at radius 3 is 1.20 bits per heavy atom. The van der Waals surface area contributed by atoms with E-state index in [9.17, 15) is 0 Å². The summed E-state index contributed by atoms with van der Waals surface area (Å²) in [5.74, 6) is 1.78. The summed E-state index contributed by atoms with van der Waals surface area (Å²) in [7, 11) is 2.07. The predicted molar refractivity (Wildman–Crippen MR) is 478 cm³/mol. The number of aromatic amines is 4. The third kappa shape index (κ3) is 13.8. The summed E-state index contributed by atoms with van der Waals surface area (Å²) in [6.07, 6.45) is 2.00. The Kier molecular flexibility index (Phi) is 21.8. The number of rotatable bonds is 2. The second-order valence-corrected chi connectivity index (χ2v) is 28.7. The van der Waals surface area contributed by atoms with E-state index in [-0.39, 0.29) is 29.7 Å². The monoisotopic (exact) mass is 1510 g/mol. The molecule has 23 rings (SSSR count). The molecule has 16 heteroatoms. The van der Waals surface area contributed by atoms with Crippen molar-refractivity contribution in [2.75, 3.05) is 0 Å². The normalized spacial score (nSPS) is 11.1. The van der Waals surface area contributed by atoms with Gasteiger partial charge >= 0.3 is 0 Å². The maximum absolute atomic E-state index is 5.73. The highest BCUT2D eigenvalue weighted by Gasteiger charge is 2.21. The zero-order valence-electron chi connectivity index (χ0n) is 64.2. The van der Waals surface area contributed by atoms with Crippen molar-refractivity contribution in [3.8, 4) is 11.4 Å². The van der Waals surface area contributed by atoms with Crippen LogP contribution in [0.1, 0.15) is 103 Å². The Morgan fingerprint density at radius 2 is 0.728 bits per heavy atom. The van der Waals surface area contributed by atoms with E-state index in [1.54, 1.807) is 0 Å². The molecule has 0 atom stereocenters. The minimum Gasteiger partial charge on any atom is -0.454 e. The zero-order valence-corrected chi connectivity index (χ0v) is 64.2. The summed E-state index contributed by atoms with van der Waals surface area (Å²) in [6, 6.07) is 79.1. The molecule has 14 heterocycles. The molecule has 23 aromatic rings. The molecule has 0 aliphatic heterocycles. The van der Waals surface area contributed by atoms with Gasteiger partial charge in [-0.25, -0.2) is 0 Å². The lowest BCUT2D eigenvalue weighted by Crippen LogP contribution is -2.02. The van der Waals surface area contributed by atoms with Gasteiger partial charge < -0.3 is 46.6 Å². The number of imidazole rings is 4. The first-order valence-electron chi connectivity index (χ1n) is 37.2. The van der Waals surface area contributed by atoms with Crippen LogP contribution < -0.4 is 0 Å². The third-order valence-corrected chi connectivity index (χ3v) is 21.4. The number of para-hydroxylation sites is 9. The molecule has 0 aliphatic carbocycles. The van der Waals surface area contributed by atoms with Crippen molar-refractivity contribution in [2.45, 2.75) is 120 Å². The van der Waals surface area contributed by atoms with E-state index in [1.807, 2.05) is 137 Å². The predicted octanol–water partition coefficient (Wildman–Crippen LogP) is 27.7. The lowest BCUT2D eigenvalue weighted by molar-refractivity contribution is 0.654. The Morgan fingerprint density at radius 1 is 0.333 bits per heavy atom. The lowest BCUT2D eigenvalue weighted by Gasteiger charge is -2.13. The van der Waals surface area contributed by atoms with E-state index in [0.29, 0.717) is 11.4 Å². The van der Waals surface area contributed by atoms with Gasteiger partial charge in [0.05, 0.1) is 33.6 Å².